The van der Waals surface area contributed by atoms with Crippen LogP contribution in [0.5, 0.6) is 0 Å². The Morgan fingerprint density at radius 1 is 1.24 bits per heavy atom. The third-order valence-electron chi connectivity index (χ3n) is 3.70. The molecule has 21 heavy (non-hydrogen) atoms. The third kappa shape index (κ3) is 3.97. The van der Waals surface area contributed by atoms with Gasteiger partial charge >= 0.3 is 6.03 Å². The molecule has 0 bridgehead atoms. The summed E-state index contributed by atoms with van der Waals surface area (Å²) in [7, 11) is 0. The summed E-state index contributed by atoms with van der Waals surface area (Å²) < 4.78 is 0. The first-order valence-electron chi connectivity index (χ1n) is 7.52. The van der Waals surface area contributed by atoms with E-state index in [0.29, 0.717) is 30.4 Å². The zero-order valence-electron chi connectivity index (χ0n) is 12.9. The van der Waals surface area contributed by atoms with Crippen LogP contribution in [0.15, 0.2) is 18.2 Å². The first-order valence-corrected chi connectivity index (χ1v) is 7.52. The summed E-state index contributed by atoms with van der Waals surface area (Å²) in [4.78, 5) is 25.9. The van der Waals surface area contributed by atoms with Gasteiger partial charge in [-0.05, 0) is 51.3 Å². The van der Waals surface area contributed by atoms with Crippen molar-refractivity contribution in [2.45, 2.75) is 39.7 Å². The molecule has 0 unspecified atom stereocenters. The minimum Gasteiger partial charge on any atom is -0.349 e. The molecule has 0 aromatic heterocycles. The molecule has 1 aliphatic rings. The largest absolute Gasteiger partial charge is 0.349 e. The summed E-state index contributed by atoms with van der Waals surface area (Å²) in [6, 6.07) is 5.59. The van der Waals surface area contributed by atoms with E-state index in [1.54, 1.807) is 17.0 Å². The topological polar surface area (TPSA) is 61.4 Å². The van der Waals surface area contributed by atoms with Gasteiger partial charge in [0.2, 0.25) is 0 Å². The first kappa shape index (κ1) is 15.4. The molecule has 0 atom stereocenters. The van der Waals surface area contributed by atoms with Gasteiger partial charge in [0.25, 0.3) is 5.91 Å². The van der Waals surface area contributed by atoms with Gasteiger partial charge in [-0.3, -0.25) is 4.79 Å². The average Bonchev–Trinajstić information content (AvgIpc) is 3.26. The van der Waals surface area contributed by atoms with Gasteiger partial charge < -0.3 is 15.5 Å². The monoisotopic (exact) mass is 289 g/mol. The average molecular weight is 289 g/mol. The minimum atomic E-state index is -0.136. The van der Waals surface area contributed by atoms with Crippen LogP contribution < -0.4 is 10.6 Å². The lowest BCUT2D eigenvalue weighted by atomic mass is 10.1. The number of nitrogens with one attached hydrogen (secondary N) is 2. The fraction of sp³-hybridized carbons (Fsp3) is 0.500. The van der Waals surface area contributed by atoms with E-state index in [-0.39, 0.29) is 11.9 Å². The number of carbonyl (C=O) groups excluding carboxylic acids is 2. The maximum absolute atomic E-state index is 12.1. The standard InChI is InChI=1S/C16H23N3O2/c1-4-19(5-2)16(21)18-14-10-12(7-6-11(14)3)15(20)17-13-8-9-13/h6-7,10,13H,4-5,8-9H2,1-3H3,(H,17,20)(H,18,21). The first-order chi connectivity index (χ1) is 10.0. The minimum absolute atomic E-state index is 0.0733. The van der Waals surface area contributed by atoms with Gasteiger partial charge in [0.1, 0.15) is 0 Å². The molecule has 5 nitrogen and oxygen atoms in total. The Morgan fingerprint density at radius 3 is 2.48 bits per heavy atom. The summed E-state index contributed by atoms with van der Waals surface area (Å²) in [5, 5.41) is 5.84. The number of anilines is 1. The highest BCUT2D eigenvalue weighted by molar-refractivity contribution is 5.97. The van der Waals surface area contributed by atoms with Gasteiger partial charge in [0.15, 0.2) is 0 Å². The lowest BCUT2D eigenvalue weighted by Crippen LogP contribution is -2.34. The van der Waals surface area contributed by atoms with Crippen molar-refractivity contribution in [1.29, 1.82) is 0 Å². The molecule has 0 heterocycles. The molecule has 3 amide bonds. The Kier molecular flexibility index (Phi) is 4.83. The Balaban J connectivity index is 2.10. The normalized spacial score (nSPS) is 13.7. The SMILES string of the molecule is CCN(CC)C(=O)Nc1cc(C(=O)NC2CC2)ccc1C. The van der Waals surface area contributed by atoms with E-state index in [0.717, 1.165) is 18.4 Å². The smallest absolute Gasteiger partial charge is 0.321 e. The Morgan fingerprint density at radius 2 is 1.90 bits per heavy atom. The number of rotatable bonds is 5. The van der Waals surface area contributed by atoms with Gasteiger partial charge in [0, 0.05) is 30.4 Å². The summed E-state index contributed by atoms with van der Waals surface area (Å²) in [6.07, 6.45) is 2.12. The van der Waals surface area contributed by atoms with Crippen LogP contribution in [-0.4, -0.2) is 36.0 Å². The van der Waals surface area contributed by atoms with E-state index in [1.807, 2.05) is 26.8 Å². The van der Waals surface area contributed by atoms with Gasteiger partial charge in [-0.1, -0.05) is 6.07 Å². The van der Waals surface area contributed by atoms with Gasteiger partial charge in [-0.2, -0.15) is 0 Å². The molecular formula is C16H23N3O2. The highest BCUT2D eigenvalue weighted by Gasteiger charge is 2.24. The molecule has 0 radical (unpaired) electrons. The van der Waals surface area contributed by atoms with Crippen molar-refractivity contribution in [3.63, 3.8) is 0 Å². The number of carbonyl (C=O) groups is 2. The number of nitrogens with zero attached hydrogens (tertiary/aromatic N) is 1. The summed E-state index contributed by atoms with van der Waals surface area (Å²) in [5.41, 5.74) is 2.22. The van der Waals surface area contributed by atoms with Crippen LogP contribution in [0.2, 0.25) is 0 Å². The summed E-state index contributed by atoms with van der Waals surface area (Å²) >= 11 is 0. The molecule has 0 saturated heterocycles. The van der Waals surface area contributed by atoms with Crippen molar-refractivity contribution in [2.24, 2.45) is 0 Å². The molecule has 1 aromatic carbocycles. The van der Waals surface area contributed by atoms with Crippen molar-refractivity contribution in [3.05, 3.63) is 29.3 Å². The second-order valence-electron chi connectivity index (χ2n) is 5.38. The predicted octanol–water partition coefficient (Wildman–Crippen LogP) is 2.76. The van der Waals surface area contributed by atoms with Crippen molar-refractivity contribution in [2.75, 3.05) is 18.4 Å². The zero-order chi connectivity index (χ0) is 15.4. The van der Waals surface area contributed by atoms with Crippen LogP contribution in [0.3, 0.4) is 0 Å². The van der Waals surface area contributed by atoms with Crippen LogP contribution in [0, 0.1) is 6.92 Å². The second-order valence-corrected chi connectivity index (χ2v) is 5.38. The lowest BCUT2D eigenvalue weighted by molar-refractivity contribution is 0.0951. The van der Waals surface area contributed by atoms with Gasteiger partial charge in [-0.25, -0.2) is 4.79 Å². The Labute approximate surface area is 125 Å². The number of aryl methyl sites for hydroxylation is 1. The molecule has 1 fully saturated rings. The highest BCUT2D eigenvalue weighted by atomic mass is 16.2. The maximum Gasteiger partial charge on any atom is 0.321 e. The van der Waals surface area contributed by atoms with E-state index >= 15 is 0 Å². The van der Waals surface area contributed by atoms with Crippen molar-refractivity contribution in [3.8, 4) is 0 Å². The molecule has 0 aliphatic heterocycles. The summed E-state index contributed by atoms with van der Waals surface area (Å²) in [5.74, 6) is -0.0733. The zero-order valence-corrected chi connectivity index (χ0v) is 12.9. The number of amides is 3. The lowest BCUT2D eigenvalue weighted by Gasteiger charge is -2.20. The van der Waals surface area contributed by atoms with Crippen molar-refractivity contribution >= 4 is 17.6 Å². The fourth-order valence-corrected chi connectivity index (χ4v) is 2.10. The van der Waals surface area contributed by atoms with E-state index in [1.165, 1.54) is 0 Å². The molecule has 0 spiro atoms. The second kappa shape index (κ2) is 6.61. The van der Waals surface area contributed by atoms with E-state index in [4.69, 9.17) is 0 Å². The molecule has 1 aliphatic carbocycles. The number of hydrogen-bond acceptors (Lipinski definition) is 2. The molecule has 5 heteroatoms. The Bertz CT molecular complexity index is 534. The van der Waals surface area contributed by atoms with Gasteiger partial charge in [-0.15, -0.1) is 0 Å². The van der Waals surface area contributed by atoms with Crippen LogP contribution in [0.25, 0.3) is 0 Å². The number of urea groups is 1. The van der Waals surface area contributed by atoms with Crippen LogP contribution in [-0.2, 0) is 0 Å². The van der Waals surface area contributed by atoms with Crippen molar-refractivity contribution in [1.82, 2.24) is 10.2 Å². The molecule has 2 N–H and O–H groups in total. The summed E-state index contributed by atoms with van der Waals surface area (Å²) in [6.45, 7) is 7.11. The molecule has 1 saturated carbocycles. The Hall–Kier alpha value is -2.04. The highest BCUT2D eigenvalue weighted by Crippen LogP contribution is 2.21. The van der Waals surface area contributed by atoms with E-state index in [9.17, 15) is 9.59 Å². The maximum atomic E-state index is 12.1. The van der Waals surface area contributed by atoms with Crippen LogP contribution in [0.1, 0.15) is 42.6 Å². The van der Waals surface area contributed by atoms with E-state index < -0.39 is 0 Å². The predicted molar refractivity (Wildman–Crippen MR) is 83.6 cm³/mol. The molecule has 1 aromatic rings. The number of benzene rings is 1. The number of hydrogen-bond donors (Lipinski definition) is 2. The van der Waals surface area contributed by atoms with E-state index in [2.05, 4.69) is 10.6 Å². The fourth-order valence-electron chi connectivity index (χ4n) is 2.10. The quantitative estimate of drug-likeness (QED) is 0.875. The third-order valence-corrected chi connectivity index (χ3v) is 3.70. The van der Waals surface area contributed by atoms with Crippen LogP contribution >= 0.6 is 0 Å². The van der Waals surface area contributed by atoms with Crippen molar-refractivity contribution < 1.29 is 9.59 Å². The van der Waals surface area contributed by atoms with Gasteiger partial charge in [0.05, 0.1) is 0 Å². The van der Waals surface area contributed by atoms with Crippen LogP contribution in [0.4, 0.5) is 10.5 Å². The molecule has 2 rings (SSSR count). The molecule has 114 valence electrons. The molecular weight excluding hydrogens is 266 g/mol.